The fourth-order valence-electron chi connectivity index (χ4n) is 3.13. The molecule has 1 aromatic carbocycles. The molecule has 1 atom stereocenters. The van der Waals surface area contributed by atoms with Gasteiger partial charge in [0.2, 0.25) is 0 Å². The predicted molar refractivity (Wildman–Crippen MR) is 97.0 cm³/mol. The van der Waals surface area contributed by atoms with Gasteiger partial charge in [0.05, 0.1) is 23.4 Å². The fraction of sp³-hybridized carbons (Fsp3) is 0.278. The molecule has 4 rings (SSSR count). The van der Waals surface area contributed by atoms with Crippen molar-refractivity contribution < 1.29 is 17.6 Å². The van der Waals surface area contributed by atoms with E-state index in [1.165, 1.54) is 22.2 Å². The molecule has 0 bridgehead atoms. The van der Waals surface area contributed by atoms with Gasteiger partial charge in [0, 0.05) is 13.1 Å². The van der Waals surface area contributed by atoms with Crippen molar-refractivity contribution in [1.82, 2.24) is 19.9 Å². The molecule has 1 aliphatic heterocycles. The van der Waals surface area contributed by atoms with Crippen LogP contribution in [0.2, 0.25) is 0 Å². The maximum atomic E-state index is 12.7. The molecular weight excluding hydrogens is 368 g/mol. The first-order valence-corrected chi connectivity index (χ1v) is 10.3. The second-order valence-electron chi connectivity index (χ2n) is 6.40. The van der Waals surface area contributed by atoms with E-state index in [0.29, 0.717) is 18.7 Å². The summed E-state index contributed by atoms with van der Waals surface area (Å²) in [6, 6.07) is 12.6. The Morgan fingerprint density at radius 2 is 2.00 bits per heavy atom. The zero-order valence-electron chi connectivity index (χ0n) is 14.4. The Morgan fingerprint density at radius 1 is 1.19 bits per heavy atom. The summed E-state index contributed by atoms with van der Waals surface area (Å²) in [5.74, 6) is -0.0601. The Morgan fingerprint density at radius 3 is 2.74 bits per heavy atom. The van der Waals surface area contributed by atoms with Crippen molar-refractivity contribution in [2.24, 2.45) is 0 Å². The third kappa shape index (κ3) is 3.63. The van der Waals surface area contributed by atoms with E-state index in [9.17, 15) is 13.2 Å². The van der Waals surface area contributed by atoms with Gasteiger partial charge in [-0.05, 0) is 30.7 Å². The van der Waals surface area contributed by atoms with Crippen molar-refractivity contribution in [2.75, 3.05) is 13.1 Å². The smallest absolute Gasteiger partial charge is 0.276 e. The number of rotatable bonds is 5. The minimum absolute atomic E-state index is 0.153. The number of aromatic nitrogens is 3. The van der Waals surface area contributed by atoms with Gasteiger partial charge in [0.15, 0.2) is 15.5 Å². The van der Waals surface area contributed by atoms with Crippen molar-refractivity contribution in [3.63, 3.8) is 0 Å². The molecule has 8 nitrogen and oxygen atoms in total. The molecule has 27 heavy (non-hydrogen) atoms. The topological polar surface area (TPSA) is 98.3 Å². The largest absolute Gasteiger partial charge is 0.468 e. The third-order valence-corrected chi connectivity index (χ3v) is 6.65. The van der Waals surface area contributed by atoms with E-state index in [-0.39, 0.29) is 23.9 Å². The second kappa shape index (κ2) is 6.99. The molecule has 2 aromatic heterocycles. The highest BCUT2D eigenvalue weighted by Crippen LogP contribution is 2.22. The van der Waals surface area contributed by atoms with Gasteiger partial charge in [0.1, 0.15) is 11.5 Å². The summed E-state index contributed by atoms with van der Waals surface area (Å²) in [5.41, 5.74) is 0.944. The van der Waals surface area contributed by atoms with Crippen LogP contribution in [0.25, 0.3) is 5.69 Å². The number of hydrogen-bond acceptors (Lipinski definition) is 6. The summed E-state index contributed by atoms with van der Waals surface area (Å²) in [6.07, 6.45) is 3.26. The van der Waals surface area contributed by atoms with Crippen LogP contribution in [0, 0.1) is 0 Å². The van der Waals surface area contributed by atoms with Crippen LogP contribution in [0.1, 0.15) is 22.7 Å². The van der Waals surface area contributed by atoms with E-state index in [1.807, 2.05) is 30.3 Å². The molecule has 1 saturated heterocycles. The number of furan rings is 1. The van der Waals surface area contributed by atoms with Crippen LogP contribution in [0.15, 0.2) is 59.3 Å². The zero-order valence-corrected chi connectivity index (χ0v) is 15.2. The molecule has 1 aliphatic rings. The predicted octanol–water partition coefficient (Wildman–Crippen LogP) is 1.69. The third-order valence-electron chi connectivity index (χ3n) is 4.56. The molecule has 0 spiro atoms. The minimum atomic E-state index is -3.40. The average molecular weight is 386 g/mol. The first-order chi connectivity index (χ1) is 13.0. The first-order valence-electron chi connectivity index (χ1n) is 8.54. The normalized spacial score (nSPS) is 17.3. The highest BCUT2D eigenvalue weighted by molar-refractivity contribution is 7.91. The lowest BCUT2D eigenvalue weighted by Crippen LogP contribution is -2.32. The molecule has 9 heteroatoms. The Balaban J connectivity index is 1.44. The lowest BCUT2D eigenvalue weighted by Gasteiger charge is -2.15. The Labute approximate surface area is 156 Å². The molecule has 3 heterocycles. The van der Waals surface area contributed by atoms with E-state index in [0.717, 1.165) is 5.69 Å². The van der Waals surface area contributed by atoms with Crippen LogP contribution < -0.4 is 0 Å². The Bertz CT molecular complexity index is 1030. The number of para-hydroxylation sites is 1. The number of carbonyl (C=O) groups is 1. The summed E-state index contributed by atoms with van der Waals surface area (Å²) < 4.78 is 30.3. The van der Waals surface area contributed by atoms with Crippen molar-refractivity contribution in [2.45, 2.75) is 17.4 Å². The molecule has 3 aromatic rings. The lowest BCUT2D eigenvalue weighted by molar-refractivity contribution is 0.0787. The summed E-state index contributed by atoms with van der Waals surface area (Å²) in [5, 5.41) is 7.75. The SMILES string of the molecule is O=C(c1cnn(-c2ccccc2)n1)N1CC[C@H](S(=O)(=O)Cc2ccco2)C1. The van der Waals surface area contributed by atoms with Crippen LogP contribution in [-0.4, -0.2) is 52.6 Å². The lowest BCUT2D eigenvalue weighted by atomic mass is 10.3. The molecule has 0 radical (unpaired) electrons. The number of amides is 1. The monoisotopic (exact) mass is 386 g/mol. The van der Waals surface area contributed by atoms with Crippen molar-refractivity contribution >= 4 is 15.7 Å². The van der Waals surface area contributed by atoms with Gasteiger partial charge in [-0.2, -0.15) is 9.90 Å². The van der Waals surface area contributed by atoms with Crippen LogP contribution in [-0.2, 0) is 15.6 Å². The van der Waals surface area contributed by atoms with E-state index < -0.39 is 15.1 Å². The highest BCUT2D eigenvalue weighted by Gasteiger charge is 2.36. The molecule has 140 valence electrons. The summed E-state index contributed by atoms with van der Waals surface area (Å²) in [4.78, 5) is 15.6. The van der Waals surface area contributed by atoms with Crippen LogP contribution in [0.3, 0.4) is 0 Å². The number of hydrogen-bond donors (Lipinski definition) is 0. The van der Waals surface area contributed by atoms with Gasteiger partial charge < -0.3 is 9.32 Å². The molecule has 0 unspecified atom stereocenters. The van der Waals surface area contributed by atoms with Crippen molar-refractivity contribution in [1.29, 1.82) is 0 Å². The van der Waals surface area contributed by atoms with Crippen LogP contribution in [0.4, 0.5) is 0 Å². The molecule has 0 saturated carbocycles. The Hall–Kier alpha value is -2.94. The maximum Gasteiger partial charge on any atom is 0.276 e. The summed E-state index contributed by atoms with van der Waals surface area (Å²) >= 11 is 0. The number of carbonyl (C=O) groups excluding carboxylic acids is 1. The van der Waals surface area contributed by atoms with E-state index in [4.69, 9.17) is 4.42 Å². The molecular formula is C18H18N4O4S. The van der Waals surface area contributed by atoms with E-state index >= 15 is 0 Å². The zero-order chi connectivity index (χ0) is 18.9. The number of likely N-dealkylation sites (tertiary alicyclic amines) is 1. The second-order valence-corrected chi connectivity index (χ2v) is 8.68. The number of benzene rings is 1. The highest BCUT2D eigenvalue weighted by atomic mass is 32.2. The maximum absolute atomic E-state index is 12.7. The van der Waals surface area contributed by atoms with E-state index in [2.05, 4.69) is 10.2 Å². The summed E-state index contributed by atoms with van der Waals surface area (Å²) in [7, 11) is -3.40. The average Bonchev–Trinajstić information content (AvgIpc) is 3.42. The van der Waals surface area contributed by atoms with Crippen LogP contribution >= 0.6 is 0 Å². The van der Waals surface area contributed by atoms with Gasteiger partial charge in [-0.3, -0.25) is 4.79 Å². The van der Waals surface area contributed by atoms with Gasteiger partial charge >= 0.3 is 0 Å². The molecule has 1 amide bonds. The number of nitrogens with zero attached hydrogens (tertiary/aromatic N) is 4. The van der Waals surface area contributed by atoms with Crippen molar-refractivity contribution in [3.05, 3.63) is 66.4 Å². The molecule has 0 N–H and O–H groups in total. The van der Waals surface area contributed by atoms with Gasteiger partial charge in [0.25, 0.3) is 5.91 Å². The van der Waals surface area contributed by atoms with Gasteiger partial charge in [-0.15, -0.1) is 5.10 Å². The van der Waals surface area contributed by atoms with Gasteiger partial charge in [-0.1, -0.05) is 18.2 Å². The molecule has 0 aliphatic carbocycles. The standard InChI is InChI=1S/C18H18N4O4S/c23-18(17-11-19-22(20-17)14-5-2-1-3-6-14)21-9-8-16(12-21)27(24,25)13-15-7-4-10-26-15/h1-7,10-11,16H,8-9,12-13H2/t16-/m0/s1. The van der Waals surface area contributed by atoms with Crippen molar-refractivity contribution in [3.8, 4) is 5.69 Å². The quantitative estimate of drug-likeness (QED) is 0.662. The molecule has 1 fully saturated rings. The minimum Gasteiger partial charge on any atom is -0.468 e. The summed E-state index contributed by atoms with van der Waals surface area (Å²) in [6.45, 7) is 0.527. The first kappa shape index (κ1) is 17.5. The van der Waals surface area contributed by atoms with Crippen LogP contribution in [0.5, 0.6) is 0 Å². The number of sulfone groups is 1. The Kier molecular flexibility index (Phi) is 4.53. The van der Waals surface area contributed by atoms with E-state index in [1.54, 1.807) is 12.1 Å². The van der Waals surface area contributed by atoms with Gasteiger partial charge in [-0.25, -0.2) is 8.42 Å². The fourth-order valence-corrected chi connectivity index (χ4v) is 4.79.